The second kappa shape index (κ2) is 9.72. The first-order valence-electron chi connectivity index (χ1n) is 12.8. The van der Waals surface area contributed by atoms with Crippen molar-refractivity contribution in [2.24, 2.45) is 0 Å². The third-order valence-electron chi connectivity index (χ3n) is 7.72. The van der Waals surface area contributed by atoms with E-state index in [4.69, 9.17) is 9.47 Å². The molecule has 6 rings (SSSR count). The van der Waals surface area contributed by atoms with Crippen molar-refractivity contribution in [1.29, 1.82) is 0 Å². The summed E-state index contributed by atoms with van der Waals surface area (Å²) in [5.74, 6) is -5.79. The molecule has 12 heteroatoms. The van der Waals surface area contributed by atoms with Crippen LogP contribution in [-0.2, 0) is 6.42 Å². The molecule has 2 heterocycles. The summed E-state index contributed by atoms with van der Waals surface area (Å²) in [7, 11) is 0. The lowest BCUT2D eigenvalue weighted by Crippen LogP contribution is -2.35. The Morgan fingerprint density at radius 3 is 1.71 bits per heavy atom. The Bertz CT molecular complexity index is 1720. The highest BCUT2D eigenvalue weighted by atomic mass is 16.5. The number of aliphatic hydroxyl groups excluding tert-OH is 2. The van der Waals surface area contributed by atoms with Crippen LogP contribution in [0.25, 0.3) is 0 Å². The Labute approximate surface area is 237 Å². The molecular formula is C30H26O12. The Kier molecular flexibility index (Phi) is 6.24. The molecule has 0 spiro atoms. The summed E-state index contributed by atoms with van der Waals surface area (Å²) in [6.45, 7) is 0. The summed E-state index contributed by atoms with van der Waals surface area (Å²) < 4.78 is 11.7. The van der Waals surface area contributed by atoms with E-state index in [0.717, 1.165) is 6.07 Å². The van der Waals surface area contributed by atoms with Gasteiger partial charge in [-0.15, -0.1) is 0 Å². The molecule has 2 aliphatic rings. The SMILES string of the molecule is Oc1ccc([C@H]2Oc3c(ccc(O)c3O)[C@@H](c3cc4c(c(O)c3O)O[C@@H](c3ccc(O)c(O)c3)[C@@H](O)C4)[C@@H]2O)cc1O. The van der Waals surface area contributed by atoms with Gasteiger partial charge in [0.1, 0.15) is 6.10 Å². The molecule has 0 aliphatic carbocycles. The summed E-state index contributed by atoms with van der Waals surface area (Å²) in [4.78, 5) is 0. The van der Waals surface area contributed by atoms with Crippen LogP contribution in [0.3, 0.4) is 0 Å². The minimum atomic E-state index is -1.50. The zero-order valence-electron chi connectivity index (χ0n) is 21.6. The number of fused-ring (bicyclic) bond motifs is 2. The predicted molar refractivity (Wildman–Crippen MR) is 143 cm³/mol. The molecule has 0 bridgehead atoms. The molecule has 0 saturated heterocycles. The Balaban J connectivity index is 1.47. The third-order valence-corrected chi connectivity index (χ3v) is 7.72. The van der Waals surface area contributed by atoms with E-state index >= 15 is 0 Å². The molecule has 0 fully saturated rings. The first-order chi connectivity index (χ1) is 20.0. The highest BCUT2D eigenvalue weighted by molar-refractivity contribution is 5.65. The normalized spacial score (nSPS) is 22.9. The fourth-order valence-corrected chi connectivity index (χ4v) is 5.62. The van der Waals surface area contributed by atoms with E-state index in [-0.39, 0.29) is 45.9 Å². The second-order valence-electron chi connectivity index (χ2n) is 10.3. The molecule has 2 aliphatic heterocycles. The van der Waals surface area contributed by atoms with Crippen LogP contribution in [0.2, 0.25) is 0 Å². The van der Waals surface area contributed by atoms with E-state index in [2.05, 4.69) is 0 Å². The van der Waals surface area contributed by atoms with Gasteiger partial charge in [-0.3, -0.25) is 0 Å². The zero-order valence-corrected chi connectivity index (χ0v) is 21.6. The van der Waals surface area contributed by atoms with Gasteiger partial charge < -0.3 is 60.5 Å². The topological polar surface area (TPSA) is 221 Å². The Morgan fingerprint density at radius 1 is 0.524 bits per heavy atom. The first-order valence-corrected chi connectivity index (χ1v) is 12.8. The minimum Gasteiger partial charge on any atom is -0.504 e. The number of ether oxygens (including phenoxy) is 2. The first kappa shape index (κ1) is 27.0. The fourth-order valence-electron chi connectivity index (χ4n) is 5.62. The average molecular weight is 579 g/mol. The number of phenolic OH excluding ortho intramolecular Hbond substituents is 8. The number of aliphatic hydroxyl groups is 2. The van der Waals surface area contributed by atoms with E-state index in [1.54, 1.807) is 0 Å². The summed E-state index contributed by atoms with van der Waals surface area (Å²) in [5.41, 5.74) is 0.903. The van der Waals surface area contributed by atoms with Crippen molar-refractivity contribution in [2.75, 3.05) is 0 Å². The molecule has 0 amide bonds. The van der Waals surface area contributed by atoms with Gasteiger partial charge in [0.25, 0.3) is 0 Å². The maximum Gasteiger partial charge on any atom is 0.201 e. The highest BCUT2D eigenvalue weighted by Crippen LogP contribution is 2.56. The van der Waals surface area contributed by atoms with Gasteiger partial charge in [0.2, 0.25) is 11.5 Å². The number of phenols is 8. The molecule has 0 aromatic heterocycles. The van der Waals surface area contributed by atoms with Gasteiger partial charge in [-0.2, -0.15) is 0 Å². The van der Waals surface area contributed by atoms with E-state index in [1.807, 2.05) is 0 Å². The smallest absolute Gasteiger partial charge is 0.201 e. The van der Waals surface area contributed by atoms with Crippen LogP contribution in [0.1, 0.15) is 45.9 Å². The molecule has 10 N–H and O–H groups in total. The van der Waals surface area contributed by atoms with Crippen LogP contribution < -0.4 is 9.47 Å². The average Bonchev–Trinajstić information content (AvgIpc) is 2.96. The maximum atomic E-state index is 11.6. The van der Waals surface area contributed by atoms with Gasteiger partial charge in [0.15, 0.2) is 58.2 Å². The molecule has 5 atom stereocenters. The van der Waals surface area contributed by atoms with Gasteiger partial charge in [-0.1, -0.05) is 18.2 Å². The summed E-state index contributed by atoms with van der Waals surface area (Å²) >= 11 is 0. The third kappa shape index (κ3) is 4.16. The van der Waals surface area contributed by atoms with Gasteiger partial charge in [-0.25, -0.2) is 0 Å². The predicted octanol–water partition coefficient (Wildman–Crippen LogP) is 3.00. The molecule has 12 nitrogen and oxygen atoms in total. The van der Waals surface area contributed by atoms with Crippen LogP contribution in [0.4, 0.5) is 0 Å². The molecular weight excluding hydrogens is 552 g/mol. The van der Waals surface area contributed by atoms with Crippen molar-refractivity contribution < 1.29 is 60.5 Å². The lowest BCUT2D eigenvalue weighted by Gasteiger charge is -2.38. The van der Waals surface area contributed by atoms with Gasteiger partial charge in [-0.05, 0) is 47.5 Å². The van der Waals surface area contributed by atoms with Crippen molar-refractivity contribution >= 4 is 0 Å². The lowest BCUT2D eigenvalue weighted by atomic mass is 9.78. The number of aromatic hydroxyl groups is 8. The molecule has 4 aromatic carbocycles. The van der Waals surface area contributed by atoms with Crippen LogP contribution >= 0.6 is 0 Å². The highest BCUT2D eigenvalue weighted by Gasteiger charge is 2.44. The van der Waals surface area contributed by atoms with Crippen molar-refractivity contribution in [3.05, 3.63) is 82.4 Å². The quantitative estimate of drug-likeness (QED) is 0.159. The van der Waals surface area contributed by atoms with Crippen LogP contribution in [0.15, 0.2) is 54.6 Å². The largest absolute Gasteiger partial charge is 0.504 e. The summed E-state index contributed by atoms with van der Waals surface area (Å²) in [5, 5.41) is 105. The Morgan fingerprint density at radius 2 is 1.10 bits per heavy atom. The molecule has 0 saturated carbocycles. The lowest BCUT2D eigenvalue weighted by molar-refractivity contribution is 0.00540. The number of rotatable bonds is 3. The fraction of sp³-hybridized carbons (Fsp3) is 0.200. The standard InChI is InChI=1S/C30H26O12/c31-16-4-1-11(8-19(16)34)27-21(36)10-13-7-15(23(37)26(40)29(13)41-27)22-14-3-6-18(33)24(38)30(14)42-28(25(22)39)12-2-5-17(32)20(35)9-12/h1-9,21-22,25,27-28,31-40H,10H2/t21-,22-,25-,27-,28+/m0/s1. The molecule has 0 radical (unpaired) electrons. The molecule has 4 aromatic rings. The van der Waals surface area contributed by atoms with E-state index in [9.17, 15) is 51.1 Å². The molecule has 42 heavy (non-hydrogen) atoms. The molecule has 218 valence electrons. The van der Waals surface area contributed by atoms with Gasteiger partial charge >= 0.3 is 0 Å². The van der Waals surface area contributed by atoms with Crippen molar-refractivity contribution in [1.82, 2.24) is 0 Å². The van der Waals surface area contributed by atoms with Gasteiger partial charge in [0, 0.05) is 29.0 Å². The second-order valence-corrected chi connectivity index (χ2v) is 10.3. The zero-order chi connectivity index (χ0) is 30.0. The van der Waals surface area contributed by atoms with Gasteiger partial charge in [0.05, 0.1) is 6.10 Å². The van der Waals surface area contributed by atoms with E-state index in [0.29, 0.717) is 5.56 Å². The number of hydrogen-bond donors (Lipinski definition) is 10. The summed E-state index contributed by atoms with van der Waals surface area (Å²) in [6, 6.07) is 11.5. The molecule has 0 unspecified atom stereocenters. The number of benzene rings is 4. The monoisotopic (exact) mass is 578 g/mol. The minimum absolute atomic E-state index is 0.0158. The van der Waals surface area contributed by atoms with Crippen LogP contribution in [-0.4, -0.2) is 63.3 Å². The van der Waals surface area contributed by atoms with Crippen LogP contribution in [0.5, 0.6) is 57.5 Å². The van der Waals surface area contributed by atoms with Crippen LogP contribution in [0, 0.1) is 0 Å². The Hall–Kier alpha value is -5.20. The van der Waals surface area contributed by atoms with Crippen molar-refractivity contribution in [3.63, 3.8) is 0 Å². The van der Waals surface area contributed by atoms with Crippen molar-refractivity contribution in [2.45, 2.75) is 36.8 Å². The summed E-state index contributed by atoms with van der Waals surface area (Å²) in [6.07, 6.45) is -5.12. The number of hydrogen-bond acceptors (Lipinski definition) is 12. The maximum absolute atomic E-state index is 11.6. The van der Waals surface area contributed by atoms with E-state index < -0.39 is 70.6 Å². The van der Waals surface area contributed by atoms with Crippen molar-refractivity contribution in [3.8, 4) is 57.5 Å². The van der Waals surface area contributed by atoms with E-state index in [1.165, 1.54) is 48.5 Å².